The highest BCUT2D eigenvalue weighted by Gasteiger charge is 2.49. The lowest BCUT2D eigenvalue weighted by Gasteiger charge is -2.20. The maximum atomic E-state index is 12.2. The molecule has 1 N–H and O–H groups in total. The highest BCUT2D eigenvalue weighted by atomic mass is 32.2. The van der Waals surface area contributed by atoms with Crippen LogP contribution in [-0.2, 0) is 23.1 Å². The second-order valence-corrected chi connectivity index (χ2v) is 5.95. The van der Waals surface area contributed by atoms with Crippen LogP contribution in [0.2, 0.25) is 0 Å². The Morgan fingerprint density at radius 1 is 1.44 bits per heavy atom. The van der Waals surface area contributed by atoms with Gasteiger partial charge in [-0.1, -0.05) is 9.39 Å². The van der Waals surface area contributed by atoms with Gasteiger partial charge in [-0.2, -0.15) is 26.7 Å². The maximum absolute atomic E-state index is 12.2. The molecule has 0 aromatic carbocycles. The Bertz CT molecular complexity index is 556. The summed E-state index contributed by atoms with van der Waals surface area (Å²) in [6, 6.07) is 0. The molecule has 6 nitrogen and oxygen atoms in total. The van der Waals surface area contributed by atoms with Crippen molar-refractivity contribution in [1.82, 2.24) is 14.9 Å². The number of aromatic nitrogens is 2. The van der Waals surface area contributed by atoms with E-state index in [1.54, 1.807) is 0 Å². The number of nitrogens with zero attached hydrogens (tertiary/aromatic N) is 2. The van der Waals surface area contributed by atoms with Crippen molar-refractivity contribution >= 4 is 19.5 Å². The number of aromatic amines is 1. The molecule has 1 aromatic heterocycles. The van der Waals surface area contributed by atoms with Crippen LogP contribution in [-0.4, -0.2) is 35.3 Å². The number of halogens is 3. The fourth-order valence-electron chi connectivity index (χ4n) is 1.53. The van der Waals surface area contributed by atoms with E-state index in [2.05, 4.69) is 23.8 Å². The van der Waals surface area contributed by atoms with E-state index in [1.807, 2.05) is 4.67 Å². The molecule has 0 fully saturated rings. The summed E-state index contributed by atoms with van der Waals surface area (Å²) in [5, 5.41) is 5.91. The summed E-state index contributed by atoms with van der Waals surface area (Å²) < 4.78 is 64.1. The summed E-state index contributed by atoms with van der Waals surface area (Å²) in [7, 11) is -3.22. The zero-order valence-corrected chi connectivity index (χ0v) is 10.8. The van der Waals surface area contributed by atoms with Crippen molar-refractivity contribution in [3.8, 4) is 5.88 Å². The number of nitrogens with one attached hydrogen (secondary N) is 1. The molecule has 0 radical (unpaired) electrons. The standard InChI is InChI=1S/C7H9F3N3O3PS/c8-7(9,10)18(14,15)16-6-4-1-2-13(17)3-5(4)11-12-6/h1-3,17H2,(H,11,12). The lowest BCUT2D eigenvalue weighted by Crippen LogP contribution is -2.29. The molecule has 1 atom stereocenters. The number of alkyl halides is 3. The first-order chi connectivity index (χ1) is 8.21. The third-order valence-electron chi connectivity index (χ3n) is 2.39. The summed E-state index contributed by atoms with van der Waals surface area (Å²) in [5.41, 5.74) is -4.61. The third kappa shape index (κ3) is 2.45. The van der Waals surface area contributed by atoms with Crippen molar-refractivity contribution in [2.45, 2.75) is 18.5 Å². The Labute approximate surface area is 103 Å². The van der Waals surface area contributed by atoms with Gasteiger partial charge in [0.15, 0.2) is 0 Å². The number of H-pyrrole nitrogens is 1. The summed E-state index contributed by atoms with van der Waals surface area (Å²) in [4.78, 5) is 0. The van der Waals surface area contributed by atoms with Crippen LogP contribution in [0.15, 0.2) is 0 Å². The molecule has 0 aliphatic carbocycles. The van der Waals surface area contributed by atoms with Gasteiger partial charge in [0.25, 0.3) is 0 Å². The zero-order chi connectivity index (χ0) is 13.6. The Kier molecular flexibility index (Phi) is 3.28. The molecule has 0 amide bonds. The minimum Gasteiger partial charge on any atom is -0.355 e. The molecule has 0 saturated heterocycles. The van der Waals surface area contributed by atoms with Crippen LogP contribution in [0.5, 0.6) is 5.88 Å². The van der Waals surface area contributed by atoms with Gasteiger partial charge in [0, 0.05) is 18.7 Å². The van der Waals surface area contributed by atoms with E-state index in [1.165, 1.54) is 0 Å². The summed E-state index contributed by atoms with van der Waals surface area (Å²) in [6.07, 6.45) is 0.359. The normalized spacial score (nSPS) is 17.6. The molecule has 2 heterocycles. The molecule has 18 heavy (non-hydrogen) atoms. The minimum atomic E-state index is -5.66. The zero-order valence-electron chi connectivity index (χ0n) is 8.86. The van der Waals surface area contributed by atoms with Crippen LogP contribution in [0.25, 0.3) is 0 Å². The van der Waals surface area contributed by atoms with Gasteiger partial charge in [-0.05, 0) is 6.42 Å². The molecular formula is C7H9F3N3O3PS. The van der Waals surface area contributed by atoms with Crippen molar-refractivity contribution in [3.63, 3.8) is 0 Å². The number of hydrogen-bond donors (Lipinski definition) is 1. The first-order valence-electron chi connectivity index (χ1n) is 4.77. The van der Waals surface area contributed by atoms with Crippen molar-refractivity contribution in [3.05, 3.63) is 11.3 Å². The Hall–Kier alpha value is -0.860. The fourth-order valence-corrected chi connectivity index (χ4v) is 2.28. The second kappa shape index (κ2) is 4.36. The quantitative estimate of drug-likeness (QED) is 0.496. The Morgan fingerprint density at radius 2 is 2.11 bits per heavy atom. The smallest absolute Gasteiger partial charge is 0.355 e. The minimum absolute atomic E-state index is 0.359. The summed E-state index contributed by atoms with van der Waals surface area (Å²) in [5.74, 6) is -0.458. The van der Waals surface area contributed by atoms with Gasteiger partial charge in [0.1, 0.15) is 0 Å². The van der Waals surface area contributed by atoms with Gasteiger partial charge < -0.3 is 4.18 Å². The number of fused-ring (bicyclic) bond motifs is 1. The third-order valence-corrected chi connectivity index (χ3v) is 3.79. The summed E-state index contributed by atoms with van der Waals surface area (Å²) >= 11 is 0. The maximum Gasteiger partial charge on any atom is 0.534 e. The average molecular weight is 303 g/mol. The van der Waals surface area contributed by atoms with Crippen LogP contribution in [0, 0.1) is 0 Å². The molecule has 102 valence electrons. The van der Waals surface area contributed by atoms with Crippen molar-refractivity contribution < 1.29 is 25.8 Å². The molecular weight excluding hydrogens is 294 g/mol. The molecule has 1 aromatic rings. The van der Waals surface area contributed by atoms with Gasteiger partial charge in [-0.15, -0.1) is 0 Å². The molecule has 1 unspecified atom stereocenters. The SMILES string of the molecule is O=S(=O)(Oc1[nH]nc2c1CCN(P)C2)C(F)(F)F. The molecule has 0 saturated carbocycles. The first kappa shape index (κ1) is 13.6. The van der Waals surface area contributed by atoms with Crippen molar-refractivity contribution in [2.24, 2.45) is 0 Å². The van der Waals surface area contributed by atoms with Gasteiger partial charge in [0.05, 0.1) is 5.69 Å². The van der Waals surface area contributed by atoms with Crippen LogP contribution in [0.3, 0.4) is 0 Å². The van der Waals surface area contributed by atoms with Gasteiger partial charge in [0.2, 0.25) is 5.88 Å². The molecule has 1 aliphatic rings. The van der Waals surface area contributed by atoms with Crippen molar-refractivity contribution in [1.29, 1.82) is 0 Å². The topological polar surface area (TPSA) is 75.3 Å². The van der Waals surface area contributed by atoms with E-state index >= 15 is 0 Å². The van der Waals surface area contributed by atoms with Crippen LogP contribution >= 0.6 is 9.39 Å². The predicted octanol–water partition coefficient (Wildman–Crippen LogP) is 0.786. The first-order valence-corrected chi connectivity index (χ1v) is 6.69. The highest BCUT2D eigenvalue weighted by Crippen LogP contribution is 2.31. The predicted molar refractivity (Wildman–Crippen MR) is 58.0 cm³/mol. The van der Waals surface area contributed by atoms with E-state index in [9.17, 15) is 21.6 Å². The van der Waals surface area contributed by atoms with E-state index in [0.29, 0.717) is 30.8 Å². The molecule has 0 bridgehead atoms. The average Bonchev–Trinajstić information content (AvgIpc) is 2.58. The summed E-state index contributed by atoms with van der Waals surface area (Å²) in [6.45, 7) is 0.950. The van der Waals surface area contributed by atoms with E-state index < -0.39 is 21.5 Å². The molecule has 0 spiro atoms. The molecule has 1 aliphatic heterocycles. The van der Waals surface area contributed by atoms with Crippen molar-refractivity contribution in [2.75, 3.05) is 6.54 Å². The van der Waals surface area contributed by atoms with Gasteiger partial charge in [-0.3, -0.25) is 4.67 Å². The highest BCUT2D eigenvalue weighted by molar-refractivity contribution is 7.87. The Balaban J connectivity index is 2.27. The van der Waals surface area contributed by atoms with Crippen LogP contribution in [0.4, 0.5) is 13.2 Å². The molecule has 11 heteroatoms. The Morgan fingerprint density at radius 3 is 2.72 bits per heavy atom. The lowest BCUT2D eigenvalue weighted by atomic mass is 10.1. The lowest BCUT2D eigenvalue weighted by molar-refractivity contribution is -0.0501. The monoisotopic (exact) mass is 303 g/mol. The van der Waals surface area contributed by atoms with E-state index in [0.717, 1.165) is 0 Å². The largest absolute Gasteiger partial charge is 0.534 e. The van der Waals surface area contributed by atoms with E-state index in [-0.39, 0.29) is 0 Å². The van der Waals surface area contributed by atoms with Gasteiger partial charge in [-0.25, -0.2) is 5.10 Å². The fraction of sp³-hybridized carbons (Fsp3) is 0.571. The van der Waals surface area contributed by atoms with E-state index in [4.69, 9.17) is 0 Å². The second-order valence-electron chi connectivity index (χ2n) is 3.68. The van der Waals surface area contributed by atoms with Crippen LogP contribution in [0.1, 0.15) is 11.3 Å². The number of hydrogen-bond acceptors (Lipinski definition) is 5. The number of rotatable bonds is 2. The molecule has 2 rings (SSSR count). The van der Waals surface area contributed by atoms with Gasteiger partial charge >= 0.3 is 15.6 Å². The van der Waals surface area contributed by atoms with Crippen LogP contribution < -0.4 is 4.18 Å².